The number of nitrogens with one attached hydrogen (secondary N) is 1. The second-order valence-electron chi connectivity index (χ2n) is 4.36. The molecule has 0 heterocycles. The molecule has 6 heteroatoms. The number of hydrogen-bond donors (Lipinski definition) is 3. The molecule has 4 nitrogen and oxygen atoms in total. The molecule has 3 N–H and O–H groups in total. The summed E-state index contributed by atoms with van der Waals surface area (Å²) in [6.45, 7) is 2.64. The number of aliphatic hydroxyl groups excluding tert-OH is 2. The van der Waals surface area contributed by atoms with Gasteiger partial charge in [0.1, 0.15) is 18.5 Å². The minimum absolute atomic E-state index is 0.129. The lowest BCUT2D eigenvalue weighted by Gasteiger charge is -2.17. The van der Waals surface area contributed by atoms with Crippen molar-refractivity contribution in [1.29, 1.82) is 0 Å². The van der Waals surface area contributed by atoms with Crippen LogP contribution in [0.5, 0.6) is 5.75 Å². The molecule has 0 saturated heterocycles. The van der Waals surface area contributed by atoms with Crippen molar-refractivity contribution < 1.29 is 14.9 Å². The molecule has 1 aromatic rings. The van der Waals surface area contributed by atoms with Gasteiger partial charge in [-0.15, -0.1) is 0 Å². The van der Waals surface area contributed by atoms with Crippen LogP contribution in [-0.2, 0) is 0 Å². The summed E-state index contributed by atoms with van der Waals surface area (Å²) in [7, 11) is 0. The van der Waals surface area contributed by atoms with Crippen LogP contribution < -0.4 is 10.1 Å². The summed E-state index contributed by atoms with van der Waals surface area (Å²) in [5, 5.41) is 22.5. The molecule has 2 atom stereocenters. The van der Waals surface area contributed by atoms with E-state index in [9.17, 15) is 5.11 Å². The van der Waals surface area contributed by atoms with E-state index in [1.54, 1.807) is 18.2 Å². The molecule has 108 valence electrons. The standard InChI is InChI=1S/C13H19Cl2NO3/c1-9(4-5-17)16-7-10(18)8-19-11-2-3-12(14)13(15)6-11/h2-3,6,9-10,16-18H,4-5,7-8H2,1H3. The molecule has 0 aliphatic rings. The zero-order valence-corrected chi connectivity index (χ0v) is 12.3. The third-order valence-electron chi connectivity index (χ3n) is 2.60. The van der Waals surface area contributed by atoms with Gasteiger partial charge in [0.25, 0.3) is 0 Å². The second-order valence-corrected chi connectivity index (χ2v) is 5.18. The van der Waals surface area contributed by atoms with Crippen LogP contribution in [0.15, 0.2) is 18.2 Å². The van der Waals surface area contributed by atoms with Gasteiger partial charge in [-0.25, -0.2) is 0 Å². The summed E-state index contributed by atoms with van der Waals surface area (Å²) in [6, 6.07) is 5.11. The molecule has 0 bridgehead atoms. The Morgan fingerprint density at radius 3 is 2.68 bits per heavy atom. The van der Waals surface area contributed by atoms with E-state index in [4.69, 9.17) is 33.0 Å². The van der Waals surface area contributed by atoms with Gasteiger partial charge in [0.2, 0.25) is 0 Å². The van der Waals surface area contributed by atoms with Crippen molar-refractivity contribution in [2.45, 2.75) is 25.5 Å². The van der Waals surface area contributed by atoms with Gasteiger partial charge in [0, 0.05) is 25.3 Å². The van der Waals surface area contributed by atoms with Crippen LogP contribution in [0.2, 0.25) is 10.0 Å². The predicted octanol–water partition coefficient (Wildman–Crippen LogP) is 2.09. The summed E-state index contributed by atoms with van der Waals surface area (Å²) in [4.78, 5) is 0. The van der Waals surface area contributed by atoms with Crippen LogP contribution in [-0.4, -0.2) is 42.1 Å². The highest BCUT2D eigenvalue weighted by atomic mass is 35.5. The minimum Gasteiger partial charge on any atom is -0.491 e. The summed E-state index contributed by atoms with van der Waals surface area (Å²) < 4.78 is 5.41. The van der Waals surface area contributed by atoms with E-state index < -0.39 is 6.10 Å². The zero-order chi connectivity index (χ0) is 14.3. The fourth-order valence-electron chi connectivity index (χ4n) is 1.45. The Bertz CT molecular complexity index is 390. The van der Waals surface area contributed by atoms with Crippen LogP contribution >= 0.6 is 23.2 Å². The number of benzene rings is 1. The number of rotatable bonds is 8. The van der Waals surface area contributed by atoms with Crippen molar-refractivity contribution in [3.63, 3.8) is 0 Å². The van der Waals surface area contributed by atoms with Gasteiger partial charge >= 0.3 is 0 Å². The smallest absolute Gasteiger partial charge is 0.121 e. The Labute approximate surface area is 123 Å². The number of ether oxygens (including phenoxy) is 1. The van der Waals surface area contributed by atoms with Gasteiger partial charge in [-0.2, -0.15) is 0 Å². The van der Waals surface area contributed by atoms with E-state index in [1.165, 1.54) is 0 Å². The predicted molar refractivity (Wildman–Crippen MR) is 77.1 cm³/mol. The number of halogens is 2. The van der Waals surface area contributed by atoms with E-state index in [0.717, 1.165) is 0 Å². The molecule has 0 spiro atoms. The summed E-state index contributed by atoms with van der Waals surface area (Å²) >= 11 is 11.6. The Kier molecular flexibility index (Phi) is 7.49. The number of hydrogen-bond acceptors (Lipinski definition) is 4. The molecule has 1 aromatic carbocycles. The first kappa shape index (κ1) is 16.5. The van der Waals surface area contributed by atoms with Crippen molar-refractivity contribution in [2.24, 2.45) is 0 Å². The zero-order valence-electron chi connectivity index (χ0n) is 10.8. The third-order valence-corrected chi connectivity index (χ3v) is 3.34. The maximum absolute atomic E-state index is 9.74. The van der Waals surface area contributed by atoms with Crippen molar-refractivity contribution in [2.75, 3.05) is 19.8 Å². The van der Waals surface area contributed by atoms with Crippen LogP contribution in [0.1, 0.15) is 13.3 Å². The van der Waals surface area contributed by atoms with Crippen molar-refractivity contribution in [1.82, 2.24) is 5.32 Å². The SMILES string of the molecule is CC(CCO)NCC(O)COc1ccc(Cl)c(Cl)c1. The molecule has 0 fully saturated rings. The summed E-state index contributed by atoms with van der Waals surface area (Å²) in [5.74, 6) is 0.567. The highest BCUT2D eigenvalue weighted by Gasteiger charge is 2.08. The summed E-state index contributed by atoms with van der Waals surface area (Å²) in [5.41, 5.74) is 0. The van der Waals surface area contributed by atoms with Gasteiger partial charge in [-0.3, -0.25) is 0 Å². The Morgan fingerprint density at radius 1 is 1.32 bits per heavy atom. The van der Waals surface area contributed by atoms with E-state index in [-0.39, 0.29) is 19.3 Å². The van der Waals surface area contributed by atoms with Crippen molar-refractivity contribution in [3.8, 4) is 5.75 Å². The largest absolute Gasteiger partial charge is 0.491 e. The molecule has 2 unspecified atom stereocenters. The van der Waals surface area contributed by atoms with Gasteiger partial charge in [-0.05, 0) is 25.5 Å². The molecule has 0 aliphatic heterocycles. The highest BCUT2D eigenvalue weighted by Crippen LogP contribution is 2.26. The molecule has 0 saturated carbocycles. The molecule has 0 aliphatic carbocycles. The first-order chi connectivity index (χ1) is 9.02. The monoisotopic (exact) mass is 307 g/mol. The molecule has 1 rings (SSSR count). The second kappa shape index (κ2) is 8.61. The fourth-order valence-corrected chi connectivity index (χ4v) is 1.74. The van der Waals surface area contributed by atoms with Crippen molar-refractivity contribution in [3.05, 3.63) is 28.2 Å². The average molecular weight is 308 g/mol. The van der Waals surface area contributed by atoms with Crippen molar-refractivity contribution >= 4 is 23.2 Å². The lowest BCUT2D eigenvalue weighted by atomic mass is 10.2. The van der Waals surface area contributed by atoms with Crippen LogP contribution in [0.25, 0.3) is 0 Å². The minimum atomic E-state index is -0.629. The van der Waals surface area contributed by atoms with E-state index in [0.29, 0.717) is 28.8 Å². The molecule has 19 heavy (non-hydrogen) atoms. The quantitative estimate of drug-likeness (QED) is 0.688. The fraction of sp³-hybridized carbons (Fsp3) is 0.538. The Balaban J connectivity index is 2.29. The average Bonchev–Trinajstić information content (AvgIpc) is 2.38. The van der Waals surface area contributed by atoms with E-state index in [1.807, 2.05) is 6.92 Å². The Hall–Kier alpha value is -0.520. The summed E-state index contributed by atoms with van der Waals surface area (Å²) in [6.07, 6.45) is 0.0241. The molecular formula is C13H19Cl2NO3. The first-order valence-electron chi connectivity index (χ1n) is 6.13. The molecule has 0 amide bonds. The highest BCUT2D eigenvalue weighted by molar-refractivity contribution is 6.42. The maximum atomic E-state index is 9.74. The number of aliphatic hydroxyl groups is 2. The normalized spacial score (nSPS) is 14.2. The van der Waals surface area contributed by atoms with Gasteiger partial charge in [-0.1, -0.05) is 23.2 Å². The van der Waals surface area contributed by atoms with Gasteiger partial charge < -0.3 is 20.3 Å². The lowest BCUT2D eigenvalue weighted by molar-refractivity contribution is 0.103. The molecular weight excluding hydrogens is 289 g/mol. The van der Waals surface area contributed by atoms with E-state index in [2.05, 4.69) is 5.32 Å². The van der Waals surface area contributed by atoms with Gasteiger partial charge in [0.15, 0.2) is 0 Å². The van der Waals surface area contributed by atoms with Crippen LogP contribution in [0, 0.1) is 0 Å². The Morgan fingerprint density at radius 2 is 2.05 bits per heavy atom. The first-order valence-corrected chi connectivity index (χ1v) is 6.88. The third kappa shape index (κ3) is 6.45. The molecule has 0 radical (unpaired) electrons. The topological polar surface area (TPSA) is 61.7 Å². The van der Waals surface area contributed by atoms with Crippen LogP contribution in [0.3, 0.4) is 0 Å². The lowest BCUT2D eigenvalue weighted by Crippen LogP contribution is -2.37. The van der Waals surface area contributed by atoms with E-state index >= 15 is 0 Å². The molecule has 0 aromatic heterocycles. The van der Waals surface area contributed by atoms with Crippen LogP contribution in [0.4, 0.5) is 0 Å². The maximum Gasteiger partial charge on any atom is 0.121 e. The van der Waals surface area contributed by atoms with Gasteiger partial charge in [0.05, 0.1) is 10.0 Å².